The summed E-state index contributed by atoms with van der Waals surface area (Å²) in [6.45, 7) is 4.70. The van der Waals surface area contributed by atoms with Gasteiger partial charge in [-0.3, -0.25) is 9.78 Å². The van der Waals surface area contributed by atoms with E-state index in [2.05, 4.69) is 15.2 Å². The molecule has 1 saturated heterocycles. The first kappa shape index (κ1) is 18.3. The van der Waals surface area contributed by atoms with Crippen LogP contribution in [-0.4, -0.2) is 32.5 Å². The largest absolute Gasteiger partial charge is 0.418 e. The summed E-state index contributed by atoms with van der Waals surface area (Å²) < 4.78 is 5.94. The fourth-order valence-electron chi connectivity index (χ4n) is 3.55. The van der Waals surface area contributed by atoms with Crippen LogP contribution < -0.4 is 0 Å². The van der Waals surface area contributed by atoms with Crippen molar-refractivity contribution in [3.63, 3.8) is 0 Å². The van der Waals surface area contributed by atoms with Crippen molar-refractivity contribution in [3.8, 4) is 11.5 Å². The van der Waals surface area contributed by atoms with Crippen LogP contribution in [0.3, 0.4) is 0 Å². The van der Waals surface area contributed by atoms with Crippen LogP contribution in [0.2, 0.25) is 0 Å². The number of carbonyl (C=O) groups excluding carboxylic acids is 1. The third-order valence-electron chi connectivity index (χ3n) is 5.18. The van der Waals surface area contributed by atoms with Gasteiger partial charge in [0.15, 0.2) is 0 Å². The molecule has 0 spiro atoms. The molecular weight excluding hydrogens is 352 g/mol. The van der Waals surface area contributed by atoms with Crippen LogP contribution in [0.5, 0.6) is 0 Å². The minimum absolute atomic E-state index is 0.102. The molecule has 2 aromatic heterocycles. The van der Waals surface area contributed by atoms with Gasteiger partial charge in [-0.25, -0.2) is 0 Å². The van der Waals surface area contributed by atoms with Crippen LogP contribution in [-0.2, 0) is 11.2 Å². The molecule has 0 N–H and O–H groups in total. The molecule has 1 atom stereocenters. The summed E-state index contributed by atoms with van der Waals surface area (Å²) in [5, 5.41) is 8.44. The van der Waals surface area contributed by atoms with E-state index >= 15 is 0 Å². The number of hydrogen-bond acceptors (Lipinski definition) is 5. The van der Waals surface area contributed by atoms with Gasteiger partial charge in [-0.2, -0.15) is 0 Å². The van der Waals surface area contributed by atoms with E-state index in [1.807, 2.05) is 55.1 Å². The van der Waals surface area contributed by atoms with Gasteiger partial charge in [0.2, 0.25) is 17.7 Å². The Kier molecular flexibility index (Phi) is 5.19. The third kappa shape index (κ3) is 3.96. The molecule has 3 heterocycles. The van der Waals surface area contributed by atoms with Crippen LogP contribution in [0.4, 0.5) is 0 Å². The standard InChI is InChI=1S/C22H24N4O2/c1-15-6-9-17(10-7-15)13-20(27)26-12-4-3-5-19(26)22-25-24-21(28-22)18-11-8-16(2)23-14-18/h6-11,14,19H,3-5,12-13H2,1-2H3. The molecule has 1 aliphatic rings. The fraction of sp³-hybridized carbons (Fsp3) is 0.364. The Hall–Kier alpha value is -3.02. The van der Waals surface area contributed by atoms with Crippen LogP contribution in [0, 0.1) is 13.8 Å². The van der Waals surface area contributed by atoms with Crippen LogP contribution in [0.15, 0.2) is 47.0 Å². The van der Waals surface area contributed by atoms with Crippen molar-refractivity contribution in [2.24, 2.45) is 0 Å². The number of benzene rings is 1. The number of hydrogen-bond donors (Lipinski definition) is 0. The summed E-state index contributed by atoms with van der Waals surface area (Å²) in [4.78, 5) is 19.2. The van der Waals surface area contributed by atoms with Crippen LogP contribution >= 0.6 is 0 Å². The predicted molar refractivity (Wildman–Crippen MR) is 105 cm³/mol. The maximum Gasteiger partial charge on any atom is 0.249 e. The average molecular weight is 376 g/mol. The zero-order valence-corrected chi connectivity index (χ0v) is 16.3. The summed E-state index contributed by atoms with van der Waals surface area (Å²) in [5.41, 5.74) is 3.94. The van der Waals surface area contributed by atoms with Crippen molar-refractivity contribution in [2.75, 3.05) is 6.54 Å². The number of carbonyl (C=O) groups is 1. The number of aryl methyl sites for hydroxylation is 2. The second-order valence-electron chi connectivity index (χ2n) is 7.39. The summed E-state index contributed by atoms with van der Waals surface area (Å²) in [5.74, 6) is 1.05. The number of rotatable bonds is 4. The Balaban J connectivity index is 1.53. The minimum atomic E-state index is -0.161. The SMILES string of the molecule is Cc1ccc(CC(=O)N2CCCCC2c2nnc(-c3ccc(C)nc3)o2)cc1. The Morgan fingerprint density at radius 1 is 1.11 bits per heavy atom. The van der Waals surface area contributed by atoms with E-state index in [9.17, 15) is 4.79 Å². The Morgan fingerprint density at radius 3 is 2.68 bits per heavy atom. The van der Waals surface area contributed by atoms with E-state index < -0.39 is 0 Å². The molecule has 4 rings (SSSR count). The molecule has 6 nitrogen and oxygen atoms in total. The van der Waals surface area contributed by atoms with Gasteiger partial charge in [0, 0.05) is 18.4 Å². The van der Waals surface area contributed by atoms with Crippen LogP contribution in [0.1, 0.15) is 48.0 Å². The molecule has 1 aromatic carbocycles. The van der Waals surface area contributed by atoms with E-state index in [4.69, 9.17) is 4.42 Å². The summed E-state index contributed by atoms with van der Waals surface area (Å²) in [6, 6.07) is 11.8. The summed E-state index contributed by atoms with van der Waals surface area (Å²) in [7, 11) is 0. The van der Waals surface area contributed by atoms with Gasteiger partial charge in [-0.1, -0.05) is 29.8 Å². The summed E-state index contributed by atoms with van der Waals surface area (Å²) in [6.07, 6.45) is 5.00. The van der Waals surface area contributed by atoms with Crippen LogP contribution in [0.25, 0.3) is 11.5 Å². The second kappa shape index (κ2) is 7.92. The van der Waals surface area contributed by atoms with E-state index in [0.717, 1.165) is 42.6 Å². The molecule has 28 heavy (non-hydrogen) atoms. The highest BCUT2D eigenvalue weighted by Gasteiger charge is 2.32. The first-order valence-electron chi connectivity index (χ1n) is 9.71. The molecule has 3 aromatic rings. The highest BCUT2D eigenvalue weighted by molar-refractivity contribution is 5.79. The van der Waals surface area contributed by atoms with E-state index in [1.165, 1.54) is 5.56 Å². The summed E-state index contributed by atoms with van der Waals surface area (Å²) >= 11 is 0. The Bertz CT molecular complexity index is 947. The molecule has 1 unspecified atom stereocenters. The molecule has 0 saturated carbocycles. The molecule has 0 aliphatic carbocycles. The molecule has 0 radical (unpaired) electrons. The van der Waals surface area contributed by atoms with Gasteiger partial charge in [0.05, 0.1) is 12.0 Å². The van der Waals surface area contributed by atoms with Gasteiger partial charge in [0.25, 0.3) is 0 Å². The maximum atomic E-state index is 13.0. The Morgan fingerprint density at radius 2 is 1.93 bits per heavy atom. The normalized spacial score (nSPS) is 16.9. The number of likely N-dealkylation sites (tertiary alicyclic amines) is 1. The lowest BCUT2D eigenvalue weighted by atomic mass is 10.0. The topological polar surface area (TPSA) is 72.1 Å². The van der Waals surface area contributed by atoms with Crippen molar-refractivity contribution < 1.29 is 9.21 Å². The van der Waals surface area contributed by atoms with Gasteiger partial charge in [-0.05, 0) is 50.8 Å². The first-order chi connectivity index (χ1) is 13.6. The smallest absolute Gasteiger partial charge is 0.249 e. The zero-order chi connectivity index (χ0) is 19.5. The fourth-order valence-corrected chi connectivity index (χ4v) is 3.55. The number of piperidine rings is 1. The number of pyridine rings is 1. The minimum Gasteiger partial charge on any atom is -0.418 e. The van der Waals surface area contributed by atoms with E-state index in [0.29, 0.717) is 18.2 Å². The van der Waals surface area contributed by atoms with Crippen molar-refractivity contribution >= 4 is 5.91 Å². The van der Waals surface area contributed by atoms with Crippen molar-refractivity contribution in [2.45, 2.75) is 45.6 Å². The molecular formula is C22H24N4O2. The lowest BCUT2D eigenvalue weighted by Gasteiger charge is -2.33. The molecule has 144 valence electrons. The highest BCUT2D eigenvalue weighted by Crippen LogP contribution is 2.32. The molecule has 0 bridgehead atoms. The average Bonchev–Trinajstić information content (AvgIpc) is 3.20. The number of nitrogens with zero attached hydrogens (tertiary/aromatic N) is 4. The lowest BCUT2D eigenvalue weighted by molar-refractivity contribution is -0.134. The van der Waals surface area contributed by atoms with Gasteiger partial charge in [0.1, 0.15) is 6.04 Å². The second-order valence-corrected chi connectivity index (χ2v) is 7.39. The highest BCUT2D eigenvalue weighted by atomic mass is 16.4. The maximum absolute atomic E-state index is 13.0. The first-order valence-corrected chi connectivity index (χ1v) is 9.71. The molecule has 1 fully saturated rings. The number of amides is 1. The van der Waals surface area contributed by atoms with Gasteiger partial charge >= 0.3 is 0 Å². The number of aromatic nitrogens is 3. The Labute approximate surface area is 164 Å². The molecule has 1 aliphatic heterocycles. The zero-order valence-electron chi connectivity index (χ0n) is 16.3. The lowest BCUT2D eigenvalue weighted by Crippen LogP contribution is -2.39. The quantitative estimate of drug-likeness (QED) is 0.687. The monoisotopic (exact) mass is 376 g/mol. The van der Waals surface area contributed by atoms with E-state index in [-0.39, 0.29) is 11.9 Å². The third-order valence-corrected chi connectivity index (χ3v) is 5.18. The van der Waals surface area contributed by atoms with Gasteiger partial charge < -0.3 is 9.32 Å². The van der Waals surface area contributed by atoms with Crippen molar-refractivity contribution in [3.05, 3.63) is 65.3 Å². The van der Waals surface area contributed by atoms with E-state index in [1.54, 1.807) is 6.20 Å². The molecule has 1 amide bonds. The van der Waals surface area contributed by atoms with Crippen molar-refractivity contribution in [1.29, 1.82) is 0 Å². The predicted octanol–water partition coefficient (Wildman–Crippen LogP) is 4.04. The molecule has 6 heteroatoms. The van der Waals surface area contributed by atoms with Crippen molar-refractivity contribution in [1.82, 2.24) is 20.1 Å². The van der Waals surface area contributed by atoms with Gasteiger partial charge in [-0.15, -0.1) is 10.2 Å².